The number of methoxy groups -OCH3 is 2. The summed E-state index contributed by atoms with van der Waals surface area (Å²) < 4.78 is 10.7. The molecule has 36 heavy (non-hydrogen) atoms. The lowest BCUT2D eigenvalue weighted by Gasteiger charge is -2.28. The smallest absolute Gasteiger partial charge is 0.322 e. The monoisotopic (exact) mass is 509 g/mol. The molecule has 0 aliphatic heterocycles. The number of hydrogen-bond acceptors (Lipinski definition) is 5. The number of nitrogens with zero attached hydrogens (tertiary/aromatic N) is 2. The molecular weight excluding hydrogens is 474 g/mol. The predicted molar refractivity (Wildman–Crippen MR) is 145 cm³/mol. The van der Waals surface area contributed by atoms with Crippen molar-refractivity contribution in [3.05, 3.63) is 76.0 Å². The molecule has 0 aliphatic carbocycles. The molecular formula is C28H35N3O4S. The molecule has 3 rings (SSSR count). The number of hydrogen-bond donors (Lipinski definition) is 1. The summed E-state index contributed by atoms with van der Waals surface area (Å²) in [7, 11) is 3.11. The van der Waals surface area contributed by atoms with Crippen LogP contribution in [0.15, 0.2) is 60.7 Å². The Bertz CT molecular complexity index is 1130. The van der Waals surface area contributed by atoms with Crippen molar-refractivity contribution in [3.8, 4) is 11.5 Å². The first-order chi connectivity index (χ1) is 17.4. The Morgan fingerprint density at radius 1 is 0.944 bits per heavy atom. The number of ether oxygens (including phenoxy) is 2. The first-order valence-electron chi connectivity index (χ1n) is 12.1. The summed E-state index contributed by atoms with van der Waals surface area (Å²) in [5.41, 5.74) is 1.57. The van der Waals surface area contributed by atoms with Crippen LogP contribution in [0.25, 0.3) is 0 Å². The predicted octanol–water partition coefficient (Wildman–Crippen LogP) is 5.94. The van der Waals surface area contributed by atoms with E-state index in [4.69, 9.17) is 9.47 Å². The molecule has 1 aromatic heterocycles. The zero-order valence-electron chi connectivity index (χ0n) is 21.5. The van der Waals surface area contributed by atoms with Gasteiger partial charge >= 0.3 is 6.03 Å². The first-order valence-corrected chi connectivity index (χ1v) is 12.9. The Hall–Kier alpha value is -3.52. The molecule has 0 aliphatic rings. The molecule has 192 valence electrons. The second-order valence-electron chi connectivity index (χ2n) is 8.52. The number of unbranched alkanes of at least 4 members (excludes halogenated alkanes) is 1. The van der Waals surface area contributed by atoms with E-state index in [0.29, 0.717) is 36.8 Å². The summed E-state index contributed by atoms with van der Waals surface area (Å²) in [4.78, 5) is 32.6. The third-order valence-corrected chi connectivity index (χ3v) is 6.74. The van der Waals surface area contributed by atoms with Gasteiger partial charge in [0.15, 0.2) is 0 Å². The van der Waals surface area contributed by atoms with Gasteiger partial charge in [-0.1, -0.05) is 43.7 Å². The molecule has 3 amide bonds. The van der Waals surface area contributed by atoms with Crippen molar-refractivity contribution >= 4 is 29.0 Å². The van der Waals surface area contributed by atoms with Crippen molar-refractivity contribution in [2.24, 2.45) is 0 Å². The van der Waals surface area contributed by atoms with Gasteiger partial charge in [-0.25, -0.2) is 4.79 Å². The number of amides is 3. The molecule has 0 saturated heterocycles. The largest absolute Gasteiger partial charge is 0.497 e. The molecule has 1 heterocycles. The van der Waals surface area contributed by atoms with Crippen LogP contribution in [0.2, 0.25) is 0 Å². The van der Waals surface area contributed by atoms with E-state index < -0.39 is 0 Å². The normalized spacial score (nSPS) is 10.6. The highest BCUT2D eigenvalue weighted by molar-refractivity contribution is 7.11. The maximum Gasteiger partial charge on any atom is 0.322 e. The molecule has 0 saturated carbocycles. The zero-order chi connectivity index (χ0) is 25.9. The fourth-order valence-corrected chi connectivity index (χ4v) is 4.66. The molecule has 0 radical (unpaired) electrons. The van der Waals surface area contributed by atoms with E-state index in [1.807, 2.05) is 35.2 Å². The van der Waals surface area contributed by atoms with Crippen molar-refractivity contribution in [1.82, 2.24) is 9.80 Å². The molecule has 8 heteroatoms. The lowest BCUT2D eigenvalue weighted by atomic mass is 10.2. The van der Waals surface area contributed by atoms with Gasteiger partial charge in [-0.15, -0.1) is 11.3 Å². The topological polar surface area (TPSA) is 71.1 Å². The molecule has 0 unspecified atom stereocenters. The molecule has 3 aromatic rings. The Labute approximate surface area is 217 Å². The Balaban J connectivity index is 1.78. The molecule has 7 nitrogen and oxygen atoms in total. The van der Waals surface area contributed by atoms with Crippen LogP contribution in [0.3, 0.4) is 0 Å². The lowest BCUT2D eigenvalue weighted by Crippen LogP contribution is -2.44. The number of carbonyl (C=O) groups excluding carboxylic acids is 2. The summed E-state index contributed by atoms with van der Waals surface area (Å²) in [6, 6.07) is 18.9. The quantitative estimate of drug-likeness (QED) is 0.328. The van der Waals surface area contributed by atoms with Crippen LogP contribution in [0.4, 0.5) is 10.5 Å². The van der Waals surface area contributed by atoms with E-state index >= 15 is 0 Å². The van der Waals surface area contributed by atoms with Gasteiger partial charge in [0, 0.05) is 28.9 Å². The van der Waals surface area contributed by atoms with Gasteiger partial charge in [0.2, 0.25) is 5.91 Å². The van der Waals surface area contributed by atoms with Gasteiger partial charge in [0.05, 0.1) is 26.5 Å². The molecule has 2 aromatic carbocycles. The number of carbonyl (C=O) groups is 2. The highest BCUT2D eigenvalue weighted by Gasteiger charge is 2.23. The van der Waals surface area contributed by atoms with E-state index in [2.05, 4.69) is 31.3 Å². The minimum atomic E-state index is -0.341. The summed E-state index contributed by atoms with van der Waals surface area (Å²) in [5.74, 6) is 1.02. The van der Waals surface area contributed by atoms with Crippen molar-refractivity contribution < 1.29 is 19.1 Å². The van der Waals surface area contributed by atoms with Crippen molar-refractivity contribution in [3.63, 3.8) is 0 Å². The Kier molecular flexibility index (Phi) is 10.2. The van der Waals surface area contributed by atoms with Gasteiger partial charge in [0.1, 0.15) is 18.0 Å². The molecule has 1 N–H and O–H groups in total. The number of thiophene rings is 1. The number of benzene rings is 2. The van der Waals surface area contributed by atoms with Crippen LogP contribution in [0.5, 0.6) is 11.5 Å². The van der Waals surface area contributed by atoms with Gasteiger partial charge in [-0.05, 0) is 43.2 Å². The molecule has 0 spiro atoms. The second-order valence-corrected chi connectivity index (χ2v) is 9.89. The van der Waals surface area contributed by atoms with Crippen LogP contribution < -0.4 is 14.8 Å². The van der Waals surface area contributed by atoms with E-state index in [1.165, 1.54) is 12.0 Å². The summed E-state index contributed by atoms with van der Waals surface area (Å²) >= 11 is 1.68. The van der Waals surface area contributed by atoms with Gasteiger partial charge < -0.3 is 24.6 Å². The van der Waals surface area contributed by atoms with Gasteiger partial charge in [-0.3, -0.25) is 4.79 Å². The number of urea groups is 1. The van der Waals surface area contributed by atoms with Crippen LogP contribution in [-0.4, -0.2) is 49.0 Å². The third kappa shape index (κ3) is 7.75. The van der Waals surface area contributed by atoms with Gasteiger partial charge in [-0.2, -0.15) is 0 Å². The van der Waals surface area contributed by atoms with Crippen LogP contribution in [-0.2, 0) is 17.9 Å². The van der Waals surface area contributed by atoms with Crippen LogP contribution in [0.1, 0.15) is 35.1 Å². The minimum Gasteiger partial charge on any atom is -0.497 e. The fourth-order valence-electron chi connectivity index (χ4n) is 3.75. The number of nitrogens with one attached hydrogen (secondary N) is 1. The number of rotatable bonds is 12. The highest BCUT2D eigenvalue weighted by atomic mass is 32.1. The Morgan fingerprint density at radius 3 is 2.36 bits per heavy atom. The fraction of sp³-hybridized carbons (Fsp3) is 0.357. The number of aryl methyl sites for hydroxylation is 1. The van der Waals surface area contributed by atoms with E-state index in [9.17, 15) is 9.59 Å². The van der Waals surface area contributed by atoms with Crippen LogP contribution >= 0.6 is 11.3 Å². The van der Waals surface area contributed by atoms with Crippen molar-refractivity contribution in [2.45, 2.75) is 39.8 Å². The maximum absolute atomic E-state index is 13.6. The average Bonchev–Trinajstić information content (AvgIpc) is 3.31. The second kappa shape index (κ2) is 13.5. The molecule has 0 atom stereocenters. The molecule has 0 bridgehead atoms. The SMILES string of the molecule is CCCCN(CC(=O)N(Cc1ccccc1)Cc1ccc(C)s1)C(=O)Nc1ccc(OC)cc1OC. The summed E-state index contributed by atoms with van der Waals surface area (Å²) in [5, 5.41) is 2.91. The number of anilines is 1. The maximum atomic E-state index is 13.6. The van der Waals surface area contributed by atoms with Crippen LogP contribution in [0, 0.1) is 6.92 Å². The Morgan fingerprint density at radius 2 is 1.72 bits per heavy atom. The highest BCUT2D eigenvalue weighted by Crippen LogP contribution is 2.29. The van der Waals surface area contributed by atoms with Crippen molar-refractivity contribution in [1.29, 1.82) is 0 Å². The standard InChI is InChI=1S/C28H35N3O4S/c1-5-6-16-30(28(33)29-25-15-13-23(34-3)17-26(25)35-4)20-27(32)31(18-22-10-8-7-9-11-22)19-24-14-12-21(2)36-24/h7-15,17H,5-6,16,18-20H2,1-4H3,(H,29,33). The minimum absolute atomic E-state index is 0.0124. The molecule has 0 fully saturated rings. The van der Waals surface area contributed by atoms with Gasteiger partial charge in [0.25, 0.3) is 0 Å². The van der Waals surface area contributed by atoms with Crippen molar-refractivity contribution in [2.75, 3.05) is 32.6 Å². The zero-order valence-corrected chi connectivity index (χ0v) is 22.3. The van der Waals surface area contributed by atoms with E-state index in [0.717, 1.165) is 23.3 Å². The van der Waals surface area contributed by atoms with E-state index in [1.54, 1.807) is 41.5 Å². The third-order valence-electron chi connectivity index (χ3n) is 5.76. The first kappa shape index (κ1) is 27.1. The average molecular weight is 510 g/mol. The summed E-state index contributed by atoms with van der Waals surface area (Å²) in [6.45, 7) is 5.56. The summed E-state index contributed by atoms with van der Waals surface area (Å²) in [6.07, 6.45) is 1.70. The lowest BCUT2D eigenvalue weighted by molar-refractivity contribution is -0.133. The van der Waals surface area contributed by atoms with E-state index in [-0.39, 0.29) is 18.5 Å².